The van der Waals surface area contributed by atoms with Gasteiger partial charge in [0, 0.05) is 6.42 Å². The molecule has 1 N–H and O–H groups in total. The van der Waals surface area contributed by atoms with E-state index in [1.807, 2.05) is 6.07 Å². The van der Waals surface area contributed by atoms with Crippen molar-refractivity contribution in [2.45, 2.75) is 25.7 Å². The van der Waals surface area contributed by atoms with E-state index in [1.165, 1.54) is 0 Å². The highest BCUT2D eigenvalue weighted by Crippen LogP contribution is 2.12. The number of unbranched alkanes of at least 4 members (excludes halogenated alkanes) is 2. The topological polar surface area (TPSA) is 70.3 Å². The van der Waals surface area contributed by atoms with Crippen LogP contribution in [0.15, 0.2) is 24.3 Å². The molecule has 0 aliphatic rings. The molecule has 4 heteroatoms. The molecule has 1 rings (SSSR count). The third-order valence-corrected chi connectivity index (χ3v) is 2.29. The lowest BCUT2D eigenvalue weighted by molar-refractivity contribution is -0.137. The molecule has 90 valence electrons. The smallest absolute Gasteiger partial charge is 0.303 e. The van der Waals surface area contributed by atoms with Crippen molar-refractivity contribution in [2.24, 2.45) is 0 Å². The van der Waals surface area contributed by atoms with Gasteiger partial charge in [0.2, 0.25) is 0 Å². The van der Waals surface area contributed by atoms with Crippen LogP contribution in [0.1, 0.15) is 31.2 Å². The molecule has 0 fully saturated rings. The molecule has 0 radical (unpaired) electrons. The van der Waals surface area contributed by atoms with Crippen molar-refractivity contribution in [3.8, 4) is 11.8 Å². The van der Waals surface area contributed by atoms with Crippen molar-refractivity contribution in [1.82, 2.24) is 0 Å². The fourth-order valence-electron chi connectivity index (χ4n) is 1.37. The number of nitriles is 1. The zero-order valence-electron chi connectivity index (χ0n) is 9.56. The van der Waals surface area contributed by atoms with Crippen LogP contribution in [0.2, 0.25) is 0 Å². The maximum atomic E-state index is 10.3. The molecule has 0 spiro atoms. The van der Waals surface area contributed by atoms with Gasteiger partial charge in [-0.3, -0.25) is 4.79 Å². The second-order valence-corrected chi connectivity index (χ2v) is 3.69. The number of ether oxygens (including phenoxy) is 1. The zero-order valence-corrected chi connectivity index (χ0v) is 9.56. The van der Waals surface area contributed by atoms with E-state index in [0.717, 1.165) is 18.6 Å². The van der Waals surface area contributed by atoms with Crippen LogP contribution >= 0.6 is 0 Å². The van der Waals surface area contributed by atoms with Gasteiger partial charge in [0.1, 0.15) is 5.75 Å². The average molecular weight is 233 g/mol. The molecule has 4 nitrogen and oxygen atoms in total. The van der Waals surface area contributed by atoms with E-state index in [9.17, 15) is 4.79 Å². The van der Waals surface area contributed by atoms with Crippen LogP contribution in [0.25, 0.3) is 0 Å². The summed E-state index contributed by atoms with van der Waals surface area (Å²) < 4.78 is 5.46. The Kier molecular flexibility index (Phi) is 5.59. The number of aliphatic carboxylic acids is 1. The number of rotatable bonds is 7. The molecule has 0 aromatic heterocycles. The van der Waals surface area contributed by atoms with Crippen LogP contribution in [0.4, 0.5) is 0 Å². The second-order valence-electron chi connectivity index (χ2n) is 3.69. The number of benzene rings is 1. The van der Waals surface area contributed by atoms with Crippen LogP contribution in [-0.4, -0.2) is 17.7 Å². The lowest BCUT2D eigenvalue weighted by Gasteiger charge is -2.05. The van der Waals surface area contributed by atoms with E-state index in [2.05, 4.69) is 0 Å². The zero-order chi connectivity index (χ0) is 12.5. The summed E-state index contributed by atoms with van der Waals surface area (Å²) >= 11 is 0. The minimum absolute atomic E-state index is 0.219. The molecule has 0 aliphatic carbocycles. The van der Waals surface area contributed by atoms with Gasteiger partial charge in [-0.15, -0.1) is 0 Å². The van der Waals surface area contributed by atoms with Crippen LogP contribution < -0.4 is 4.74 Å². The molecule has 1 aromatic rings. The van der Waals surface area contributed by atoms with Crippen molar-refractivity contribution < 1.29 is 14.6 Å². The molecular formula is C13H15NO3. The van der Waals surface area contributed by atoms with Crippen molar-refractivity contribution in [2.75, 3.05) is 6.61 Å². The minimum Gasteiger partial charge on any atom is -0.494 e. The Morgan fingerprint density at radius 1 is 1.24 bits per heavy atom. The molecular weight excluding hydrogens is 218 g/mol. The molecule has 0 amide bonds. The normalized spacial score (nSPS) is 9.59. The first-order chi connectivity index (χ1) is 8.22. The molecule has 0 aliphatic heterocycles. The minimum atomic E-state index is -0.752. The average Bonchev–Trinajstić information content (AvgIpc) is 2.34. The van der Waals surface area contributed by atoms with Gasteiger partial charge in [-0.25, -0.2) is 0 Å². The summed E-state index contributed by atoms with van der Waals surface area (Å²) in [6, 6.07) is 8.97. The highest BCUT2D eigenvalue weighted by atomic mass is 16.5. The lowest BCUT2D eigenvalue weighted by Crippen LogP contribution is -1.99. The number of hydrogen-bond donors (Lipinski definition) is 1. The van der Waals surface area contributed by atoms with Crippen molar-refractivity contribution in [3.05, 3.63) is 29.8 Å². The Morgan fingerprint density at radius 3 is 2.53 bits per heavy atom. The van der Waals surface area contributed by atoms with Gasteiger partial charge in [0.25, 0.3) is 0 Å². The standard InChI is InChI=1S/C13H15NO3/c14-10-11-5-7-12(8-6-11)17-9-3-1-2-4-13(15)16/h5-8H,1-4,9H2,(H,15,16). The first kappa shape index (κ1) is 13.0. The Hall–Kier alpha value is -2.02. The summed E-state index contributed by atoms with van der Waals surface area (Å²) in [7, 11) is 0. The number of carboxylic acid groups (broad SMARTS) is 1. The number of hydrogen-bond acceptors (Lipinski definition) is 3. The Labute approximate surface area is 100 Å². The third kappa shape index (κ3) is 5.57. The summed E-state index contributed by atoms with van der Waals surface area (Å²) in [4.78, 5) is 10.3. The van der Waals surface area contributed by atoms with Crippen molar-refractivity contribution in [3.63, 3.8) is 0 Å². The van der Waals surface area contributed by atoms with Gasteiger partial charge in [-0.05, 0) is 43.5 Å². The molecule has 17 heavy (non-hydrogen) atoms. The van der Waals surface area contributed by atoms with Gasteiger partial charge in [-0.1, -0.05) is 0 Å². The summed E-state index contributed by atoms with van der Waals surface area (Å²) in [6.07, 6.45) is 2.60. The van der Waals surface area contributed by atoms with Crippen molar-refractivity contribution >= 4 is 5.97 Å². The number of nitrogens with zero attached hydrogens (tertiary/aromatic N) is 1. The highest BCUT2D eigenvalue weighted by Gasteiger charge is 1.97. The SMILES string of the molecule is N#Cc1ccc(OCCCCCC(=O)O)cc1. The van der Waals surface area contributed by atoms with E-state index < -0.39 is 5.97 Å². The second kappa shape index (κ2) is 7.29. The monoisotopic (exact) mass is 233 g/mol. The maximum absolute atomic E-state index is 10.3. The summed E-state index contributed by atoms with van der Waals surface area (Å²) in [5, 5.41) is 17.0. The Balaban J connectivity index is 2.14. The summed E-state index contributed by atoms with van der Waals surface area (Å²) in [6.45, 7) is 0.575. The predicted octanol–water partition coefficient (Wildman–Crippen LogP) is 2.58. The summed E-state index contributed by atoms with van der Waals surface area (Å²) in [5.74, 6) is -0.0137. The molecule has 0 atom stereocenters. The Morgan fingerprint density at radius 2 is 1.94 bits per heavy atom. The lowest BCUT2D eigenvalue weighted by atomic mass is 10.2. The molecule has 0 heterocycles. The fourth-order valence-corrected chi connectivity index (χ4v) is 1.37. The molecule has 1 aromatic carbocycles. The van der Waals surface area contributed by atoms with E-state index >= 15 is 0 Å². The first-order valence-electron chi connectivity index (χ1n) is 5.57. The largest absolute Gasteiger partial charge is 0.494 e. The van der Waals surface area contributed by atoms with E-state index in [4.69, 9.17) is 15.1 Å². The van der Waals surface area contributed by atoms with E-state index in [1.54, 1.807) is 24.3 Å². The number of carbonyl (C=O) groups is 1. The highest BCUT2D eigenvalue weighted by molar-refractivity contribution is 5.66. The first-order valence-corrected chi connectivity index (χ1v) is 5.57. The quantitative estimate of drug-likeness (QED) is 0.735. The van der Waals surface area contributed by atoms with Crippen LogP contribution in [-0.2, 0) is 4.79 Å². The third-order valence-electron chi connectivity index (χ3n) is 2.29. The molecule has 0 bridgehead atoms. The van der Waals surface area contributed by atoms with Crippen molar-refractivity contribution in [1.29, 1.82) is 5.26 Å². The van der Waals surface area contributed by atoms with Crippen LogP contribution in [0.3, 0.4) is 0 Å². The molecule has 0 saturated heterocycles. The molecule has 0 unspecified atom stereocenters. The van der Waals surface area contributed by atoms with Crippen LogP contribution in [0.5, 0.6) is 5.75 Å². The van der Waals surface area contributed by atoms with Gasteiger partial charge < -0.3 is 9.84 Å². The van der Waals surface area contributed by atoms with Gasteiger partial charge in [0.15, 0.2) is 0 Å². The predicted molar refractivity (Wildman–Crippen MR) is 62.8 cm³/mol. The van der Waals surface area contributed by atoms with E-state index in [0.29, 0.717) is 18.6 Å². The van der Waals surface area contributed by atoms with Gasteiger partial charge in [-0.2, -0.15) is 5.26 Å². The van der Waals surface area contributed by atoms with E-state index in [-0.39, 0.29) is 6.42 Å². The number of carboxylic acids is 1. The van der Waals surface area contributed by atoms with Gasteiger partial charge in [0.05, 0.1) is 18.2 Å². The van der Waals surface area contributed by atoms with Crippen LogP contribution in [0, 0.1) is 11.3 Å². The maximum Gasteiger partial charge on any atom is 0.303 e. The van der Waals surface area contributed by atoms with Gasteiger partial charge >= 0.3 is 5.97 Å². The summed E-state index contributed by atoms with van der Waals surface area (Å²) in [5.41, 5.74) is 0.610. The Bertz CT molecular complexity index is 392. The fraction of sp³-hybridized carbons (Fsp3) is 0.385. The molecule has 0 saturated carbocycles.